The molecule has 0 aliphatic carbocycles. The van der Waals surface area contributed by atoms with E-state index in [4.69, 9.17) is 15.0 Å². The van der Waals surface area contributed by atoms with Crippen LogP contribution < -0.4 is 0 Å². The predicted octanol–water partition coefficient (Wildman–Crippen LogP) is 16.6. The van der Waals surface area contributed by atoms with Crippen molar-refractivity contribution in [2.45, 2.75) is 27.7 Å². The second-order valence-corrected chi connectivity index (χ2v) is 18.6. The van der Waals surface area contributed by atoms with Gasteiger partial charge in [-0.25, -0.2) is 15.0 Å². The van der Waals surface area contributed by atoms with Crippen LogP contribution >= 0.6 is 11.3 Å². The molecule has 3 aromatic heterocycles. The number of thiophene rings is 1. The van der Waals surface area contributed by atoms with Gasteiger partial charge in [0.2, 0.25) is 0 Å². The third-order valence-electron chi connectivity index (χ3n) is 13.0. The first-order valence-corrected chi connectivity index (χ1v) is 23.3. The molecule has 9 aromatic carbocycles. The molecule has 5 heteroatoms. The predicted molar refractivity (Wildman–Crippen MR) is 279 cm³/mol. The van der Waals surface area contributed by atoms with Gasteiger partial charge >= 0.3 is 0 Å². The largest absolute Gasteiger partial charge is 0.308 e. The number of hydrogen-bond acceptors (Lipinski definition) is 4. The van der Waals surface area contributed by atoms with Gasteiger partial charge in [-0.05, 0) is 109 Å². The van der Waals surface area contributed by atoms with E-state index in [0.29, 0.717) is 17.5 Å². The van der Waals surface area contributed by atoms with Gasteiger partial charge in [-0.2, -0.15) is 0 Å². The monoisotopic (exact) mass is 864 g/mol. The van der Waals surface area contributed by atoms with Crippen molar-refractivity contribution in [1.82, 2.24) is 19.5 Å². The van der Waals surface area contributed by atoms with Crippen LogP contribution in [-0.2, 0) is 0 Å². The summed E-state index contributed by atoms with van der Waals surface area (Å²) in [5.74, 6) is 1.85. The number of hydrogen-bond donors (Lipinski definition) is 0. The van der Waals surface area contributed by atoms with E-state index in [0.717, 1.165) is 44.5 Å². The molecule has 0 spiro atoms. The number of nitrogens with zero attached hydrogens (tertiary/aromatic N) is 4. The van der Waals surface area contributed by atoms with Crippen LogP contribution in [0.5, 0.6) is 0 Å². The molecule has 3 heterocycles. The summed E-state index contributed by atoms with van der Waals surface area (Å²) in [5, 5.41) is 4.93. The van der Waals surface area contributed by atoms with Crippen LogP contribution in [0.1, 0.15) is 22.3 Å². The Hall–Kier alpha value is -7.99. The highest BCUT2D eigenvalue weighted by Crippen LogP contribution is 2.43. The molecule has 0 amide bonds. The van der Waals surface area contributed by atoms with Gasteiger partial charge in [-0.15, -0.1) is 11.3 Å². The van der Waals surface area contributed by atoms with E-state index in [9.17, 15) is 0 Å². The number of fused-ring (bicyclic) bond motifs is 6. The lowest BCUT2D eigenvalue weighted by atomic mass is 9.96. The van der Waals surface area contributed by atoms with Crippen LogP contribution in [0.3, 0.4) is 0 Å². The zero-order valence-electron chi connectivity index (χ0n) is 37.2. The van der Waals surface area contributed by atoms with E-state index < -0.39 is 0 Å². The fourth-order valence-corrected chi connectivity index (χ4v) is 11.0. The molecule has 314 valence electrons. The minimum absolute atomic E-state index is 0.605. The van der Waals surface area contributed by atoms with E-state index in [1.54, 1.807) is 0 Å². The van der Waals surface area contributed by atoms with Crippen LogP contribution in [0.2, 0.25) is 0 Å². The summed E-state index contributed by atoms with van der Waals surface area (Å²) in [6, 6.07) is 70.3. The molecule has 0 unspecified atom stereocenters. The third-order valence-corrected chi connectivity index (χ3v) is 14.2. The molecule has 12 rings (SSSR count). The van der Waals surface area contributed by atoms with Crippen molar-refractivity contribution < 1.29 is 0 Å². The quantitative estimate of drug-likeness (QED) is 0.160. The Balaban J connectivity index is 1.17. The summed E-state index contributed by atoms with van der Waals surface area (Å²) in [7, 11) is 0. The normalized spacial score (nSPS) is 11.6. The lowest BCUT2D eigenvalue weighted by molar-refractivity contribution is 1.06. The Morgan fingerprint density at radius 3 is 1.41 bits per heavy atom. The van der Waals surface area contributed by atoms with Crippen LogP contribution in [-0.4, -0.2) is 19.5 Å². The number of aromatic nitrogens is 4. The minimum Gasteiger partial charge on any atom is -0.308 e. The van der Waals surface area contributed by atoms with Gasteiger partial charge in [-0.3, -0.25) is 0 Å². The average Bonchev–Trinajstić information content (AvgIpc) is 3.88. The zero-order valence-corrected chi connectivity index (χ0v) is 38.0. The fraction of sp³-hybridized carbons (Fsp3) is 0.0656. The second kappa shape index (κ2) is 15.9. The van der Waals surface area contributed by atoms with Crippen molar-refractivity contribution >= 4 is 53.3 Å². The Bertz CT molecular complexity index is 3700. The van der Waals surface area contributed by atoms with Gasteiger partial charge in [0.05, 0.1) is 16.7 Å². The molecule has 0 saturated carbocycles. The van der Waals surface area contributed by atoms with Crippen molar-refractivity contribution in [3.05, 3.63) is 216 Å². The van der Waals surface area contributed by atoms with Crippen LogP contribution in [0.15, 0.2) is 194 Å². The Labute approximate surface area is 388 Å². The van der Waals surface area contributed by atoms with Crippen LogP contribution in [0.25, 0.3) is 115 Å². The number of rotatable bonds is 7. The second-order valence-electron chi connectivity index (χ2n) is 17.5. The van der Waals surface area contributed by atoms with Crippen molar-refractivity contribution in [1.29, 1.82) is 0 Å². The molecule has 12 aromatic rings. The van der Waals surface area contributed by atoms with Crippen molar-refractivity contribution in [3.8, 4) is 73.2 Å². The van der Waals surface area contributed by atoms with Crippen LogP contribution in [0, 0.1) is 27.7 Å². The summed E-state index contributed by atoms with van der Waals surface area (Å²) in [5.41, 5.74) is 18.0. The van der Waals surface area contributed by atoms with Gasteiger partial charge < -0.3 is 4.57 Å². The van der Waals surface area contributed by atoms with Gasteiger partial charge in [0.1, 0.15) is 0 Å². The molecule has 0 aliphatic heterocycles. The number of benzene rings is 9. The Morgan fingerprint density at radius 1 is 0.333 bits per heavy atom. The minimum atomic E-state index is 0.605. The van der Waals surface area contributed by atoms with E-state index in [2.05, 4.69) is 190 Å². The summed E-state index contributed by atoms with van der Waals surface area (Å²) in [6.07, 6.45) is 0. The maximum atomic E-state index is 5.38. The summed E-state index contributed by atoms with van der Waals surface area (Å²) in [6.45, 7) is 8.73. The molecule has 4 nitrogen and oxygen atoms in total. The Kier molecular flexibility index (Phi) is 9.55. The van der Waals surface area contributed by atoms with Gasteiger partial charge in [0, 0.05) is 47.6 Å². The van der Waals surface area contributed by atoms with Gasteiger partial charge in [0.25, 0.3) is 0 Å². The first-order chi connectivity index (χ1) is 32.3. The van der Waals surface area contributed by atoms with Crippen molar-refractivity contribution in [2.24, 2.45) is 0 Å². The summed E-state index contributed by atoms with van der Waals surface area (Å²) >= 11 is 1.84. The molecular weight excluding hydrogens is 821 g/mol. The summed E-state index contributed by atoms with van der Waals surface area (Å²) < 4.78 is 5.00. The SMILES string of the molecule is Cc1ccc(-c2ccc3c4ccc(-c5ccc(C)cc5C)cc4n(-c4ccc(-c5ccc6c(c5)sc5ccccc56)cc4-c4nc(-c5ccccc5)nc(-c5ccccc5)n4)c3c2)c(C)c1. The van der Waals surface area contributed by atoms with Gasteiger partial charge in [0.15, 0.2) is 17.5 Å². The molecule has 0 fully saturated rings. The maximum Gasteiger partial charge on any atom is 0.166 e. The van der Waals surface area contributed by atoms with E-state index in [-0.39, 0.29) is 0 Å². The van der Waals surface area contributed by atoms with E-state index in [1.165, 1.54) is 75.5 Å². The fourth-order valence-electron chi connectivity index (χ4n) is 9.81. The molecule has 0 N–H and O–H groups in total. The highest BCUT2D eigenvalue weighted by atomic mass is 32.1. The van der Waals surface area contributed by atoms with E-state index in [1.807, 2.05) is 47.7 Å². The lowest BCUT2D eigenvalue weighted by Crippen LogP contribution is -2.04. The molecule has 0 radical (unpaired) electrons. The van der Waals surface area contributed by atoms with Crippen molar-refractivity contribution in [2.75, 3.05) is 0 Å². The number of aryl methyl sites for hydroxylation is 4. The first-order valence-electron chi connectivity index (χ1n) is 22.5. The molecular formula is C61H44N4S. The molecule has 0 aliphatic rings. The molecule has 0 bridgehead atoms. The highest BCUT2D eigenvalue weighted by Gasteiger charge is 2.22. The highest BCUT2D eigenvalue weighted by molar-refractivity contribution is 7.25. The maximum absolute atomic E-state index is 5.38. The van der Waals surface area contributed by atoms with Crippen molar-refractivity contribution in [3.63, 3.8) is 0 Å². The Morgan fingerprint density at radius 2 is 0.818 bits per heavy atom. The average molecular weight is 865 g/mol. The molecule has 0 saturated heterocycles. The third kappa shape index (κ3) is 6.88. The van der Waals surface area contributed by atoms with Gasteiger partial charge in [-0.1, -0.05) is 169 Å². The summed E-state index contributed by atoms with van der Waals surface area (Å²) in [4.78, 5) is 15.9. The smallest absolute Gasteiger partial charge is 0.166 e. The molecule has 0 atom stereocenters. The topological polar surface area (TPSA) is 43.6 Å². The lowest BCUT2D eigenvalue weighted by Gasteiger charge is -2.17. The van der Waals surface area contributed by atoms with E-state index >= 15 is 0 Å². The molecule has 66 heavy (non-hydrogen) atoms. The zero-order chi connectivity index (χ0) is 44.5. The van der Waals surface area contributed by atoms with Crippen LogP contribution in [0.4, 0.5) is 0 Å². The standard InChI is InChI=1S/C61H44N4S/c1-37-19-25-47(39(3)31-37)45-22-27-49-50-28-23-46(48-26-20-38(2)32-40(48)4)35-56(50)65(55(49)34-45)54-30-24-43(44-21-29-52-51-17-11-12-18-57(51)66-58(52)36-44)33-53(54)61-63-59(41-13-7-5-8-14-41)62-60(64-61)42-15-9-6-10-16-42/h5-36H,1-4H3. The first kappa shape index (κ1) is 39.6.